The van der Waals surface area contributed by atoms with Crippen molar-refractivity contribution < 1.29 is 18.1 Å². The third-order valence-electron chi connectivity index (χ3n) is 5.87. The Bertz CT molecular complexity index is 1220. The molecule has 1 amide bonds. The van der Waals surface area contributed by atoms with E-state index in [9.17, 15) is 13.2 Å². The molecule has 0 aliphatic carbocycles. The minimum absolute atomic E-state index is 0.0467. The third kappa shape index (κ3) is 4.79. The molecule has 1 heterocycles. The zero-order valence-electron chi connectivity index (χ0n) is 17.9. The highest BCUT2D eigenvalue weighted by Gasteiger charge is 2.31. The summed E-state index contributed by atoms with van der Waals surface area (Å²) in [7, 11) is -3.54. The average molecular weight is 439 g/mol. The maximum atomic E-state index is 13.1. The summed E-state index contributed by atoms with van der Waals surface area (Å²) in [4.78, 5) is 13.9. The summed E-state index contributed by atoms with van der Waals surface area (Å²) in [6.07, 6.45) is 0. The SMILES string of the molecule is Cc1ccc(C)c(NC(=O)C[NH+]2CCN(S(=O)(=O)c3ccc4ccccc4c3)CC2)c1. The number of rotatable bonds is 5. The third-order valence-corrected chi connectivity index (χ3v) is 7.76. The zero-order valence-corrected chi connectivity index (χ0v) is 18.7. The fraction of sp³-hybridized carbons (Fsp3) is 0.292. The van der Waals surface area contributed by atoms with Crippen molar-refractivity contribution in [3.8, 4) is 0 Å². The fourth-order valence-electron chi connectivity index (χ4n) is 3.99. The Morgan fingerprint density at radius 3 is 2.42 bits per heavy atom. The van der Waals surface area contributed by atoms with Gasteiger partial charge in [0, 0.05) is 5.69 Å². The van der Waals surface area contributed by atoms with Gasteiger partial charge in [-0.1, -0.05) is 42.5 Å². The van der Waals surface area contributed by atoms with Crippen LogP contribution in [0.5, 0.6) is 0 Å². The summed E-state index contributed by atoms with van der Waals surface area (Å²) in [5.74, 6) is -0.0467. The van der Waals surface area contributed by atoms with E-state index < -0.39 is 10.0 Å². The average Bonchev–Trinajstić information content (AvgIpc) is 2.76. The number of benzene rings is 3. The van der Waals surface area contributed by atoms with Crippen LogP contribution in [0.3, 0.4) is 0 Å². The molecule has 4 rings (SSSR count). The van der Waals surface area contributed by atoms with Gasteiger partial charge in [0.2, 0.25) is 10.0 Å². The number of hydrogen-bond donors (Lipinski definition) is 2. The number of anilines is 1. The van der Waals surface area contributed by atoms with Gasteiger partial charge in [-0.15, -0.1) is 0 Å². The first-order valence-electron chi connectivity index (χ1n) is 10.5. The fourth-order valence-corrected chi connectivity index (χ4v) is 5.47. The maximum absolute atomic E-state index is 13.1. The van der Waals surface area contributed by atoms with Crippen LogP contribution in [0, 0.1) is 13.8 Å². The van der Waals surface area contributed by atoms with Gasteiger partial charge in [0.15, 0.2) is 6.54 Å². The van der Waals surface area contributed by atoms with Crippen LogP contribution < -0.4 is 10.2 Å². The van der Waals surface area contributed by atoms with Gasteiger partial charge in [-0.2, -0.15) is 4.31 Å². The van der Waals surface area contributed by atoms with Gasteiger partial charge < -0.3 is 10.2 Å². The summed E-state index contributed by atoms with van der Waals surface area (Å²) in [6.45, 7) is 6.31. The van der Waals surface area contributed by atoms with Gasteiger partial charge in [-0.25, -0.2) is 8.42 Å². The van der Waals surface area contributed by atoms with E-state index in [1.54, 1.807) is 12.1 Å². The molecule has 0 bridgehead atoms. The number of fused-ring (bicyclic) bond motifs is 1. The first-order chi connectivity index (χ1) is 14.8. The molecule has 0 unspecified atom stereocenters. The molecule has 3 aromatic rings. The van der Waals surface area contributed by atoms with Crippen LogP contribution in [0.2, 0.25) is 0 Å². The van der Waals surface area contributed by atoms with Crippen molar-refractivity contribution in [2.24, 2.45) is 0 Å². The highest BCUT2D eigenvalue weighted by molar-refractivity contribution is 7.89. The van der Waals surface area contributed by atoms with Crippen LogP contribution in [-0.2, 0) is 14.8 Å². The first-order valence-corrected chi connectivity index (χ1v) is 12.0. The lowest BCUT2D eigenvalue weighted by atomic mass is 10.1. The smallest absolute Gasteiger partial charge is 0.279 e. The predicted molar refractivity (Wildman–Crippen MR) is 123 cm³/mol. The van der Waals surface area contributed by atoms with Crippen molar-refractivity contribution in [3.05, 3.63) is 71.8 Å². The number of carbonyl (C=O) groups excluding carboxylic acids is 1. The van der Waals surface area contributed by atoms with Crippen LogP contribution in [0.25, 0.3) is 10.8 Å². The van der Waals surface area contributed by atoms with E-state index in [-0.39, 0.29) is 5.91 Å². The molecule has 0 radical (unpaired) electrons. The van der Waals surface area contributed by atoms with Crippen LogP contribution in [0.4, 0.5) is 5.69 Å². The normalized spacial score (nSPS) is 15.8. The van der Waals surface area contributed by atoms with E-state index in [0.29, 0.717) is 37.6 Å². The van der Waals surface area contributed by atoms with Crippen LogP contribution in [-0.4, -0.2) is 51.4 Å². The van der Waals surface area contributed by atoms with Gasteiger partial charge in [0.05, 0.1) is 31.1 Å². The van der Waals surface area contributed by atoms with E-state index in [0.717, 1.165) is 32.5 Å². The summed E-state index contributed by atoms with van der Waals surface area (Å²) >= 11 is 0. The summed E-state index contributed by atoms with van der Waals surface area (Å²) in [5.41, 5.74) is 2.96. The Hall–Kier alpha value is -2.74. The number of piperazine rings is 1. The largest absolute Gasteiger partial charge is 0.325 e. The molecule has 0 spiro atoms. The number of sulfonamides is 1. The highest BCUT2D eigenvalue weighted by Crippen LogP contribution is 2.22. The van der Waals surface area contributed by atoms with Crippen molar-refractivity contribution in [3.63, 3.8) is 0 Å². The Kier molecular flexibility index (Phi) is 6.09. The van der Waals surface area contributed by atoms with Crippen molar-refractivity contribution >= 4 is 32.4 Å². The second-order valence-corrected chi connectivity index (χ2v) is 10.1. The van der Waals surface area contributed by atoms with Crippen LogP contribution in [0.15, 0.2) is 65.6 Å². The van der Waals surface area contributed by atoms with Gasteiger partial charge in [0.1, 0.15) is 0 Å². The Morgan fingerprint density at radius 1 is 0.968 bits per heavy atom. The number of hydrogen-bond acceptors (Lipinski definition) is 3. The number of carbonyl (C=O) groups is 1. The van der Waals surface area contributed by atoms with Crippen molar-refractivity contribution in [2.45, 2.75) is 18.7 Å². The maximum Gasteiger partial charge on any atom is 0.279 e. The van der Waals surface area contributed by atoms with Crippen molar-refractivity contribution in [1.29, 1.82) is 0 Å². The number of aryl methyl sites for hydroxylation is 2. The number of quaternary nitrogens is 1. The minimum Gasteiger partial charge on any atom is -0.325 e. The van der Waals surface area contributed by atoms with Crippen molar-refractivity contribution in [1.82, 2.24) is 4.31 Å². The second-order valence-electron chi connectivity index (χ2n) is 8.21. The molecule has 162 valence electrons. The molecule has 2 N–H and O–H groups in total. The summed E-state index contributed by atoms with van der Waals surface area (Å²) < 4.78 is 27.7. The molecule has 1 saturated heterocycles. The van der Waals surface area contributed by atoms with E-state index in [2.05, 4.69) is 5.32 Å². The van der Waals surface area contributed by atoms with E-state index in [1.807, 2.05) is 62.4 Å². The molecule has 1 aliphatic heterocycles. The van der Waals surface area contributed by atoms with E-state index in [1.165, 1.54) is 4.31 Å². The molecule has 3 aromatic carbocycles. The van der Waals surface area contributed by atoms with Gasteiger partial charge in [-0.3, -0.25) is 4.79 Å². The Balaban J connectivity index is 1.37. The molecule has 0 atom stereocenters. The van der Waals surface area contributed by atoms with Crippen LogP contribution >= 0.6 is 0 Å². The molecule has 7 heteroatoms. The zero-order chi connectivity index (χ0) is 22.0. The van der Waals surface area contributed by atoms with E-state index >= 15 is 0 Å². The Morgan fingerprint density at radius 2 is 1.68 bits per heavy atom. The van der Waals surface area contributed by atoms with Gasteiger partial charge in [0.25, 0.3) is 5.91 Å². The minimum atomic E-state index is -3.54. The lowest BCUT2D eigenvalue weighted by Crippen LogP contribution is -3.15. The topological polar surface area (TPSA) is 70.9 Å². The molecule has 1 aliphatic rings. The molecule has 0 saturated carbocycles. The Labute approximate surface area is 183 Å². The first kappa shape index (κ1) is 21.5. The number of nitrogens with zero attached hydrogens (tertiary/aromatic N) is 1. The predicted octanol–water partition coefficient (Wildman–Crippen LogP) is 1.98. The van der Waals surface area contributed by atoms with Gasteiger partial charge in [-0.05, 0) is 53.9 Å². The lowest BCUT2D eigenvalue weighted by Gasteiger charge is -2.31. The molecule has 0 aromatic heterocycles. The molecule has 31 heavy (non-hydrogen) atoms. The van der Waals surface area contributed by atoms with Gasteiger partial charge >= 0.3 is 0 Å². The summed E-state index contributed by atoms with van der Waals surface area (Å²) in [5, 5.41) is 4.92. The molecule has 1 fully saturated rings. The van der Waals surface area contributed by atoms with Crippen molar-refractivity contribution in [2.75, 3.05) is 38.0 Å². The molecule has 6 nitrogen and oxygen atoms in total. The van der Waals surface area contributed by atoms with E-state index in [4.69, 9.17) is 0 Å². The number of amides is 1. The molecular weight excluding hydrogens is 410 g/mol. The standard InChI is InChI=1S/C24H27N3O3S/c1-18-7-8-19(2)23(15-18)25-24(28)17-26-11-13-27(14-12-26)31(29,30)22-10-9-20-5-3-4-6-21(20)16-22/h3-10,15-16H,11-14,17H2,1-2H3,(H,25,28)/p+1. The second kappa shape index (κ2) is 8.78. The lowest BCUT2D eigenvalue weighted by molar-refractivity contribution is -0.895. The summed E-state index contributed by atoms with van der Waals surface area (Å²) in [6, 6.07) is 19.0. The number of nitrogens with one attached hydrogen (secondary N) is 2. The van der Waals surface area contributed by atoms with Crippen LogP contribution in [0.1, 0.15) is 11.1 Å². The molecular formula is C24H28N3O3S+. The monoisotopic (exact) mass is 438 g/mol. The quantitative estimate of drug-likeness (QED) is 0.640. The highest BCUT2D eigenvalue weighted by atomic mass is 32.2.